The first-order valence-corrected chi connectivity index (χ1v) is 11.2. The van der Waals surface area contributed by atoms with Gasteiger partial charge in [-0.25, -0.2) is 4.63 Å². The highest BCUT2D eigenvalue weighted by molar-refractivity contribution is 6.00. The number of fused-ring (bicyclic) bond motifs is 2. The Kier molecular flexibility index (Phi) is 4.90. The van der Waals surface area contributed by atoms with Gasteiger partial charge in [-0.2, -0.15) is 0 Å². The van der Waals surface area contributed by atoms with E-state index >= 15 is 0 Å². The summed E-state index contributed by atoms with van der Waals surface area (Å²) in [6.07, 6.45) is 2.06. The second-order valence-electron chi connectivity index (χ2n) is 8.63. The van der Waals surface area contributed by atoms with Crippen molar-refractivity contribution < 1.29 is 19.0 Å². The second kappa shape index (κ2) is 8.07. The average molecular weight is 452 g/mol. The van der Waals surface area contributed by atoms with Gasteiger partial charge in [-0.05, 0) is 46.9 Å². The van der Waals surface area contributed by atoms with Gasteiger partial charge in [0.2, 0.25) is 12.3 Å². The fraction of sp³-hybridized carbons (Fsp3) is 0.455. The van der Waals surface area contributed by atoms with Gasteiger partial charge < -0.3 is 19.3 Å². The summed E-state index contributed by atoms with van der Waals surface area (Å²) in [6.45, 7) is 5.99. The molecule has 0 bridgehead atoms. The lowest BCUT2D eigenvalue weighted by molar-refractivity contribution is -0.382. The van der Waals surface area contributed by atoms with Crippen LogP contribution in [0.3, 0.4) is 0 Å². The maximum atomic E-state index is 11.9. The van der Waals surface area contributed by atoms with E-state index in [9.17, 15) is 10.1 Å². The number of hydrogen-bond donors (Lipinski definition) is 0. The SMILES string of the molecule is O=[N+]([O-])c1c(N2CCCC2)cc(N2CCN(Cc3ccc4c(c3)OCO4)CC2)c2nonc12. The van der Waals surface area contributed by atoms with E-state index in [1.165, 1.54) is 5.56 Å². The summed E-state index contributed by atoms with van der Waals surface area (Å²) in [5.74, 6) is 1.59. The van der Waals surface area contributed by atoms with Gasteiger partial charge in [0, 0.05) is 45.8 Å². The molecule has 0 unspecified atom stereocenters. The molecule has 0 atom stereocenters. The largest absolute Gasteiger partial charge is 0.454 e. The maximum absolute atomic E-state index is 11.9. The molecule has 0 aliphatic carbocycles. The molecule has 3 aliphatic heterocycles. The van der Waals surface area contributed by atoms with Gasteiger partial charge in [0.1, 0.15) is 5.69 Å². The normalized spacial score (nSPS) is 18.4. The van der Waals surface area contributed by atoms with Gasteiger partial charge in [-0.3, -0.25) is 15.0 Å². The van der Waals surface area contributed by atoms with E-state index in [1.807, 2.05) is 18.2 Å². The Labute approximate surface area is 189 Å². The van der Waals surface area contributed by atoms with Gasteiger partial charge in [0.15, 0.2) is 17.0 Å². The van der Waals surface area contributed by atoms with E-state index < -0.39 is 0 Å². The fourth-order valence-corrected chi connectivity index (χ4v) is 4.96. The van der Waals surface area contributed by atoms with Crippen molar-refractivity contribution in [2.75, 3.05) is 55.9 Å². The lowest BCUT2D eigenvalue weighted by atomic mass is 10.1. The molecule has 0 spiro atoms. The standard InChI is InChI=1S/C22H24N6O5/c29-28(30)22-17(26-5-1-2-6-26)12-16(20-21(22)24-33-23-20)27-9-7-25(8-10-27)13-15-3-4-18-19(11-15)32-14-31-18/h3-4,11-12H,1-2,5-10,13-14H2. The first-order chi connectivity index (χ1) is 16.2. The fourth-order valence-electron chi connectivity index (χ4n) is 4.96. The Morgan fingerprint density at radius 3 is 2.39 bits per heavy atom. The molecule has 2 aromatic carbocycles. The highest BCUT2D eigenvalue weighted by atomic mass is 16.7. The van der Waals surface area contributed by atoms with E-state index in [1.54, 1.807) is 0 Å². The molecule has 11 heteroatoms. The summed E-state index contributed by atoms with van der Waals surface area (Å²) in [4.78, 5) is 18.2. The lowest BCUT2D eigenvalue weighted by Gasteiger charge is -2.36. The molecular weight excluding hydrogens is 428 g/mol. The third-order valence-electron chi connectivity index (χ3n) is 6.66. The van der Waals surface area contributed by atoms with Crippen LogP contribution in [0.5, 0.6) is 11.5 Å². The Bertz CT molecular complexity index is 1200. The predicted molar refractivity (Wildman–Crippen MR) is 120 cm³/mol. The monoisotopic (exact) mass is 452 g/mol. The number of nitro benzene ring substituents is 1. The van der Waals surface area contributed by atoms with Crippen LogP contribution in [0.1, 0.15) is 18.4 Å². The zero-order chi connectivity index (χ0) is 22.4. The van der Waals surface area contributed by atoms with Crippen LogP contribution < -0.4 is 19.3 Å². The second-order valence-corrected chi connectivity index (χ2v) is 8.63. The number of nitro groups is 1. The summed E-state index contributed by atoms with van der Waals surface area (Å²) in [7, 11) is 0. The van der Waals surface area contributed by atoms with Gasteiger partial charge in [0.05, 0.1) is 10.6 Å². The van der Waals surface area contributed by atoms with Crippen molar-refractivity contribution in [3.05, 3.63) is 39.9 Å². The molecular formula is C22H24N6O5. The molecule has 6 rings (SSSR count). The van der Waals surface area contributed by atoms with E-state index in [0.29, 0.717) is 11.2 Å². The van der Waals surface area contributed by atoms with E-state index in [-0.39, 0.29) is 22.9 Å². The molecule has 0 amide bonds. The third-order valence-corrected chi connectivity index (χ3v) is 6.66. The van der Waals surface area contributed by atoms with Crippen LogP contribution in [0.15, 0.2) is 28.9 Å². The molecule has 3 aromatic rings. The Morgan fingerprint density at radius 1 is 0.879 bits per heavy atom. The van der Waals surface area contributed by atoms with Crippen molar-refractivity contribution in [3.8, 4) is 11.5 Å². The van der Waals surface area contributed by atoms with Crippen molar-refractivity contribution in [1.82, 2.24) is 15.2 Å². The maximum Gasteiger partial charge on any atom is 0.323 e. The Balaban J connectivity index is 1.23. The van der Waals surface area contributed by atoms with Crippen LogP contribution in [0, 0.1) is 10.1 Å². The molecule has 11 nitrogen and oxygen atoms in total. The number of rotatable bonds is 5. The summed E-state index contributed by atoms with van der Waals surface area (Å²) in [6, 6.07) is 7.98. The molecule has 0 saturated carbocycles. The highest BCUT2D eigenvalue weighted by Crippen LogP contribution is 2.41. The lowest BCUT2D eigenvalue weighted by Crippen LogP contribution is -2.46. The van der Waals surface area contributed by atoms with Crippen molar-refractivity contribution >= 4 is 28.1 Å². The summed E-state index contributed by atoms with van der Waals surface area (Å²) in [5.41, 5.74) is 3.30. The zero-order valence-corrected chi connectivity index (χ0v) is 18.1. The van der Waals surface area contributed by atoms with Crippen LogP contribution in [0.2, 0.25) is 0 Å². The zero-order valence-electron chi connectivity index (χ0n) is 18.1. The number of piperazine rings is 1. The van der Waals surface area contributed by atoms with Crippen molar-refractivity contribution in [1.29, 1.82) is 0 Å². The molecule has 172 valence electrons. The average Bonchev–Trinajstić information content (AvgIpc) is 3.59. The van der Waals surface area contributed by atoms with Crippen LogP contribution >= 0.6 is 0 Å². The molecule has 33 heavy (non-hydrogen) atoms. The summed E-state index contributed by atoms with van der Waals surface area (Å²) in [5, 5.41) is 19.8. The van der Waals surface area contributed by atoms with Crippen LogP contribution in [-0.4, -0.2) is 66.2 Å². The first kappa shape index (κ1) is 20.0. The van der Waals surface area contributed by atoms with Gasteiger partial charge >= 0.3 is 5.69 Å². The highest BCUT2D eigenvalue weighted by Gasteiger charge is 2.32. The molecule has 1 aromatic heterocycles. The molecule has 0 radical (unpaired) electrons. The van der Waals surface area contributed by atoms with Gasteiger partial charge in [-0.1, -0.05) is 6.07 Å². The van der Waals surface area contributed by atoms with E-state index in [2.05, 4.69) is 31.1 Å². The summed E-state index contributed by atoms with van der Waals surface area (Å²) >= 11 is 0. The molecule has 4 heterocycles. The smallest absolute Gasteiger partial charge is 0.323 e. The van der Waals surface area contributed by atoms with Crippen LogP contribution in [0.4, 0.5) is 17.1 Å². The number of ether oxygens (including phenoxy) is 2. The van der Waals surface area contributed by atoms with Gasteiger partial charge in [0.25, 0.3) is 0 Å². The number of hydrogen-bond acceptors (Lipinski definition) is 10. The number of aromatic nitrogens is 2. The third kappa shape index (κ3) is 3.58. The van der Waals surface area contributed by atoms with Crippen molar-refractivity contribution in [2.24, 2.45) is 0 Å². The summed E-state index contributed by atoms with van der Waals surface area (Å²) < 4.78 is 15.9. The Hall–Kier alpha value is -3.60. The topological polar surface area (TPSA) is 110 Å². The number of benzene rings is 2. The van der Waals surface area contributed by atoms with Gasteiger partial charge in [-0.15, -0.1) is 0 Å². The molecule has 3 aliphatic rings. The molecule has 2 fully saturated rings. The minimum absolute atomic E-state index is 0.0154. The minimum atomic E-state index is -0.368. The van der Waals surface area contributed by atoms with E-state index in [4.69, 9.17) is 14.1 Å². The number of nitrogens with zero attached hydrogens (tertiary/aromatic N) is 6. The quantitative estimate of drug-likeness (QED) is 0.423. The van der Waals surface area contributed by atoms with Crippen LogP contribution in [-0.2, 0) is 6.54 Å². The van der Waals surface area contributed by atoms with E-state index in [0.717, 1.165) is 75.8 Å². The minimum Gasteiger partial charge on any atom is -0.454 e. The van der Waals surface area contributed by atoms with Crippen LogP contribution in [0.25, 0.3) is 11.0 Å². The first-order valence-electron chi connectivity index (χ1n) is 11.2. The molecule has 2 saturated heterocycles. The molecule has 0 N–H and O–H groups in total. The van der Waals surface area contributed by atoms with Crippen molar-refractivity contribution in [2.45, 2.75) is 19.4 Å². The Morgan fingerprint density at radius 2 is 1.61 bits per heavy atom. The number of anilines is 2. The predicted octanol–water partition coefficient (Wildman–Crippen LogP) is 2.78. The van der Waals surface area contributed by atoms with Crippen molar-refractivity contribution in [3.63, 3.8) is 0 Å².